The van der Waals surface area contributed by atoms with Gasteiger partial charge in [-0.2, -0.15) is 5.26 Å². The number of benzene rings is 1. The average molecular weight is 296 g/mol. The standard InChI is InChI=1S/C17H16N2O3/c1-21-10-11-22-17(20)14(13-18)12-16-8-5-9-19(16)15-6-3-2-4-7-15/h2-9,12H,10-11H2,1H3/b14-12+. The summed E-state index contributed by atoms with van der Waals surface area (Å²) in [4.78, 5) is 11.8. The van der Waals surface area contributed by atoms with Gasteiger partial charge in [0.1, 0.15) is 18.2 Å². The second-order valence-electron chi connectivity index (χ2n) is 4.44. The molecular formula is C17H16N2O3. The molecule has 0 bridgehead atoms. The molecule has 5 heteroatoms. The van der Waals surface area contributed by atoms with Crippen LogP contribution in [-0.4, -0.2) is 30.9 Å². The summed E-state index contributed by atoms with van der Waals surface area (Å²) in [5, 5.41) is 9.15. The molecule has 0 N–H and O–H groups in total. The molecule has 1 aromatic heterocycles. The maximum Gasteiger partial charge on any atom is 0.349 e. The van der Waals surface area contributed by atoms with Crippen LogP contribution in [0, 0.1) is 11.3 Å². The van der Waals surface area contributed by atoms with Crippen molar-refractivity contribution in [2.24, 2.45) is 0 Å². The highest BCUT2D eigenvalue weighted by molar-refractivity contribution is 5.97. The van der Waals surface area contributed by atoms with Gasteiger partial charge >= 0.3 is 5.97 Å². The number of esters is 1. The second kappa shape index (κ2) is 7.81. The lowest BCUT2D eigenvalue weighted by molar-refractivity contribution is -0.139. The van der Waals surface area contributed by atoms with Crippen LogP contribution in [-0.2, 0) is 14.3 Å². The Morgan fingerprint density at radius 1 is 1.23 bits per heavy atom. The normalized spacial score (nSPS) is 11.0. The largest absolute Gasteiger partial charge is 0.459 e. The van der Waals surface area contributed by atoms with Crippen LogP contribution in [0.3, 0.4) is 0 Å². The molecule has 1 aromatic carbocycles. The third-order valence-corrected chi connectivity index (χ3v) is 2.97. The number of ether oxygens (including phenoxy) is 2. The van der Waals surface area contributed by atoms with Gasteiger partial charge in [-0.25, -0.2) is 4.79 Å². The Morgan fingerprint density at radius 2 is 2.00 bits per heavy atom. The molecule has 0 atom stereocenters. The predicted octanol–water partition coefficient (Wildman–Crippen LogP) is 2.57. The van der Waals surface area contributed by atoms with Crippen LogP contribution in [0.1, 0.15) is 5.69 Å². The van der Waals surface area contributed by atoms with Crippen LogP contribution in [0.15, 0.2) is 54.2 Å². The van der Waals surface area contributed by atoms with Crippen molar-refractivity contribution in [1.82, 2.24) is 4.57 Å². The third kappa shape index (κ3) is 3.84. The summed E-state index contributed by atoms with van der Waals surface area (Å²) in [6.07, 6.45) is 3.38. The maximum absolute atomic E-state index is 11.8. The molecule has 5 nitrogen and oxygen atoms in total. The highest BCUT2D eigenvalue weighted by Gasteiger charge is 2.12. The molecule has 0 amide bonds. The molecule has 0 saturated carbocycles. The van der Waals surface area contributed by atoms with Gasteiger partial charge in [-0.1, -0.05) is 18.2 Å². The van der Waals surface area contributed by atoms with Gasteiger partial charge in [-0.3, -0.25) is 0 Å². The lowest BCUT2D eigenvalue weighted by Crippen LogP contribution is -2.11. The topological polar surface area (TPSA) is 64.2 Å². The average Bonchev–Trinajstić information content (AvgIpc) is 3.01. The molecule has 2 aromatic rings. The summed E-state index contributed by atoms with van der Waals surface area (Å²) in [6, 6.07) is 15.2. The van der Waals surface area contributed by atoms with Crippen LogP contribution in [0.4, 0.5) is 0 Å². The Hall–Kier alpha value is -2.84. The van der Waals surface area contributed by atoms with E-state index < -0.39 is 5.97 Å². The number of aromatic nitrogens is 1. The minimum absolute atomic E-state index is 0.0491. The fourth-order valence-corrected chi connectivity index (χ4v) is 1.92. The van der Waals surface area contributed by atoms with Crippen molar-refractivity contribution in [3.63, 3.8) is 0 Å². The van der Waals surface area contributed by atoms with Gasteiger partial charge in [0.05, 0.1) is 6.61 Å². The summed E-state index contributed by atoms with van der Waals surface area (Å²) in [5.74, 6) is -0.652. The molecular weight excluding hydrogens is 280 g/mol. The molecule has 0 aliphatic heterocycles. The first-order valence-corrected chi connectivity index (χ1v) is 6.77. The van der Waals surface area contributed by atoms with Gasteiger partial charge in [-0.15, -0.1) is 0 Å². The Labute approximate surface area is 129 Å². The first kappa shape index (κ1) is 15.5. The summed E-state index contributed by atoms with van der Waals surface area (Å²) < 4.78 is 11.7. The molecule has 0 aliphatic rings. The summed E-state index contributed by atoms with van der Waals surface area (Å²) in [7, 11) is 1.52. The van der Waals surface area contributed by atoms with Crippen molar-refractivity contribution >= 4 is 12.0 Å². The van der Waals surface area contributed by atoms with E-state index in [-0.39, 0.29) is 12.2 Å². The number of para-hydroxylation sites is 1. The van der Waals surface area contributed by atoms with Crippen LogP contribution in [0.25, 0.3) is 11.8 Å². The number of nitrogens with zero attached hydrogens (tertiary/aromatic N) is 2. The van der Waals surface area contributed by atoms with E-state index in [4.69, 9.17) is 14.7 Å². The van der Waals surface area contributed by atoms with Gasteiger partial charge in [0.2, 0.25) is 0 Å². The van der Waals surface area contributed by atoms with Crippen molar-refractivity contribution in [1.29, 1.82) is 5.26 Å². The first-order chi connectivity index (χ1) is 10.8. The number of carbonyl (C=O) groups excluding carboxylic acids is 1. The minimum atomic E-state index is -0.652. The molecule has 112 valence electrons. The van der Waals surface area contributed by atoms with Crippen LogP contribution >= 0.6 is 0 Å². The van der Waals surface area contributed by atoms with Gasteiger partial charge < -0.3 is 14.0 Å². The number of rotatable bonds is 6. The number of methoxy groups -OCH3 is 1. The zero-order chi connectivity index (χ0) is 15.8. The van der Waals surface area contributed by atoms with E-state index >= 15 is 0 Å². The van der Waals surface area contributed by atoms with Crippen LogP contribution < -0.4 is 0 Å². The lowest BCUT2D eigenvalue weighted by Gasteiger charge is -2.07. The Bertz CT molecular complexity index is 696. The molecule has 0 spiro atoms. The SMILES string of the molecule is COCCOC(=O)/C(C#N)=C/c1cccn1-c1ccccc1. The summed E-state index contributed by atoms with van der Waals surface area (Å²) >= 11 is 0. The lowest BCUT2D eigenvalue weighted by atomic mass is 10.2. The zero-order valence-electron chi connectivity index (χ0n) is 12.2. The monoisotopic (exact) mass is 296 g/mol. The molecule has 0 saturated heterocycles. The van der Waals surface area contributed by atoms with E-state index in [0.717, 1.165) is 11.4 Å². The Morgan fingerprint density at radius 3 is 2.68 bits per heavy atom. The molecule has 2 rings (SSSR count). The maximum atomic E-state index is 11.8. The predicted molar refractivity (Wildman–Crippen MR) is 82.2 cm³/mol. The van der Waals surface area contributed by atoms with Crippen molar-refractivity contribution in [2.75, 3.05) is 20.3 Å². The number of carbonyl (C=O) groups is 1. The number of hydrogen-bond donors (Lipinski definition) is 0. The summed E-state index contributed by atoms with van der Waals surface area (Å²) in [5.41, 5.74) is 1.63. The number of hydrogen-bond acceptors (Lipinski definition) is 4. The van der Waals surface area contributed by atoms with E-state index in [1.807, 2.05) is 59.3 Å². The fourth-order valence-electron chi connectivity index (χ4n) is 1.92. The molecule has 0 unspecified atom stereocenters. The van der Waals surface area contributed by atoms with Gasteiger partial charge in [0.15, 0.2) is 0 Å². The Kier molecular flexibility index (Phi) is 5.52. The van der Waals surface area contributed by atoms with E-state index in [9.17, 15) is 4.79 Å². The second-order valence-corrected chi connectivity index (χ2v) is 4.44. The third-order valence-electron chi connectivity index (χ3n) is 2.97. The molecule has 0 radical (unpaired) electrons. The highest BCUT2D eigenvalue weighted by atomic mass is 16.6. The van der Waals surface area contributed by atoms with Gasteiger partial charge in [0, 0.05) is 24.7 Å². The van der Waals surface area contributed by atoms with Crippen LogP contribution in [0.2, 0.25) is 0 Å². The van der Waals surface area contributed by atoms with Gasteiger partial charge in [0.25, 0.3) is 0 Å². The first-order valence-electron chi connectivity index (χ1n) is 6.77. The van der Waals surface area contributed by atoms with E-state index in [2.05, 4.69) is 0 Å². The Balaban J connectivity index is 2.23. The van der Waals surface area contributed by atoms with E-state index in [1.165, 1.54) is 13.2 Å². The minimum Gasteiger partial charge on any atom is -0.459 e. The van der Waals surface area contributed by atoms with Crippen molar-refractivity contribution in [3.8, 4) is 11.8 Å². The van der Waals surface area contributed by atoms with Crippen molar-refractivity contribution < 1.29 is 14.3 Å². The molecule has 0 aliphatic carbocycles. The smallest absolute Gasteiger partial charge is 0.349 e. The van der Waals surface area contributed by atoms with Gasteiger partial charge in [-0.05, 0) is 30.3 Å². The van der Waals surface area contributed by atoms with Crippen LogP contribution in [0.5, 0.6) is 0 Å². The molecule has 1 heterocycles. The highest BCUT2D eigenvalue weighted by Crippen LogP contribution is 2.15. The quantitative estimate of drug-likeness (QED) is 0.356. The zero-order valence-corrected chi connectivity index (χ0v) is 12.2. The number of nitriles is 1. The van der Waals surface area contributed by atoms with E-state index in [1.54, 1.807) is 0 Å². The van der Waals surface area contributed by atoms with Crippen molar-refractivity contribution in [3.05, 3.63) is 59.9 Å². The molecule has 22 heavy (non-hydrogen) atoms. The summed E-state index contributed by atoms with van der Waals surface area (Å²) in [6.45, 7) is 0.416. The fraction of sp³-hybridized carbons (Fsp3) is 0.176. The van der Waals surface area contributed by atoms with E-state index in [0.29, 0.717) is 6.61 Å². The van der Waals surface area contributed by atoms with Crippen molar-refractivity contribution in [2.45, 2.75) is 0 Å². The molecule has 0 fully saturated rings.